The first-order valence-electron chi connectivity index (χ1n) is 10.9. The summed E-state index contributed by atoms with van der Waals surface area (Å²) in [5.41, 5.74) is 1.26. The van der Waals surface area contributed by atoms with Gasteiger partial charge in [-0.15, -0.1) is 0 Å². The first kappa shape index (κ1) is 22.6. The summed E-state index contributed by atoms with van der Waals surface area (Å²) >= 11 is 0. The lowest BCUT2D eigenvalue weighted by atomic mass is 9.88. The number of carbonyl (C=O) groups excluding carboxylic acids is 2. The van der Waals surface area contributed by atoms with Crippen LogP contribution >= 0.6 is 0 Å². The molecule has 0 fully saturated rings. The van der Waals surface area contributed by atoms with Crippen molar-refractivity contribution in [3.63, 3.8) is 0 Å². The van der Waals surface area contributed by atoms with E-state index in [0.717, 1.165) is 0 Å². The smallest absolute Gasteiger partial charge is 0.445 e. The number of nitrogens with one attached hydrogen (secondary N) is 2. The molecule has 1 aliphatic rings. The van der Waals surface area contributed by atoms with E-state index in [1.54, 1.807) is 61.5 Å². The minimum absolute atomic E-state index is 0.156. The third kappa shape index (κ3) is 4.25. The summed E-state index contributed by atoms with van der Waals surface area (Å²) in [5.74, 6) is -2.19. The van der Waals surface area contributed by atoms with Gasteiger partial charge in [-0.3, -0.25) is 4.79 Å². The van der Waals surface area contributed by atoms with Gasteiger partial charge >= 0.3 is 12.1 Å². The van der Waals surface area contributed by atoms with E-state index in [2.05, 4.69) is 15.3 Å². The van der Waals surface area contributed by atoms with Crippen LogP contribution in [0.2, 0.25) is 0 Å². The standard InChI is InChI=1S/C26H20F3N3O3/c1-25(14-17-9-5-6-10-18(17)22(33)35-25)24(34)32-21(15-7-3-2-4-8-15)16-11-12-19-20(13-16)31-23(30-19)26(27,28)29/h2-13,21H,14H2,1H3,(H,30,31)(H,32,34). The quantitative estimate of drug-likeness (QED) is 0.406. The van der Waals surface area contributed by atoms with Gasteiger partial charge in [-0.1, -0.05) is 54.6 Å². The van der Waals surface area contributed by atoms with Gasteiger partial charge in [0, 0.05) is 6.42 Å². The Morgan fingerprint density at radius 1 is 1.06 bits per heavy atom. The van der Waals surface area contributed by atoms with Gasteiger partial charge < -0.3 is 15.0 Å². The van der Waals surface area contributed by atoms with Crippen molar-refractivity contribution in [2.45, 2.75) is 31.2 Å². The highest BCUT2D eigenvalue weighted by Crippen LogP contribution is 2.32. The van der Waals surface area contributed by atoms with E-state index in [-0.39, 0.29) is 17.5 Å². The molecule has 5 rings (SSSR count). The maximum atomic E-state index is 13.5. The molecule has 3 aromatic carbocycles. The van der Waals surface area contributed by atoms with Gasteiger partial charge in [0.05, 0.1) is 22.6 Å². The second kappa shape index (κ2) is 8.26. The van der Waals surface area contributed by atoms with E-state index < -0.39 is 35.5 Å². The van der Waals surface area contributed by atoms with Gasteiger partial charge in [0.25, 0.3) is 5.91 Å². The molecule has 0 saturated carbocycles. The van der Waals surface area contributed by atoms with E-state index in [1.807, 2.05) is 6.07 Å². The SMILES string of the molecule is CC1(C(=O)NC(c2ccccc2)c2ccc3nc(C(F)(F)F)[nH]c3c2)Cc2ccccc2C(=O)O1. The van der Waals surface area contributed by atoms with Crippen molar-refractivity contribution in [3.8, 4) is 0 Å². The van der Waals surface area contributed by atoms with E-state index in [9.17, 15) is 22.8 Å². The zero-order valence-corrected chi connectivity index (χ0v) is 18.5. The Hall–Kier alpha value is -4.14. The molecule has 1 amide bonds. The van der Waals surface area contributed by atoms with Crippen LogP contribution in [-0.2, 0) is 22.1 Å². The van der Waals surface area contributed by atoms with Crippen LogP contribution in [0.3, 0.4) is 0 Å². The van der Waals surface area contributed by atoms with Gasteiger partial charge in [0.1, 0.15) is 0 Å². The summed E-state index contributed by atoms with van der Waals surface area (Å²) in [7, 11) is 0. The normalized spacial score (nSPS) is 18.6. The van der Waals surface area contributed by atoms with Crippen LogP contribution in [0.5, 0.6) is 0 Å². The number of esters is 1. The van der Waals surface area contributed by atoms with Gasteiger partial charge in [0.15, 0.2) is 5.60 Å². The second-order valence-electron chi connectivity index (χ2n) is 8.63. The average Bonchev–Trinajstić information content (AvgIpc) is 3.27. The lowest BCUT2D eigenvalue weighted by molar-refractivity contribution is -0.144. The minimum Gasteiger partial charge on any atom is -0.445 e. The highest BCUT2D eigenvalue weighted by atomic mass is 19.4. The summed E-state index contributed by atoms with van der Waals surface area (Å²) < 4.78 is 44.9. The minimum atomic E-state index is -4.61. The third-order valence-corrected chi connectivity index (χ3v) is 6.08. The van der Waals surface area contributed by atoms with Crippen molar-refractivity contribution in [2.24, 2.45) is 0 Å². The molecule has 0 spiro atoms. The number of aromatic nitrogens is 2. The summed E-state index contributed by atoms with van der Waals surface area (Å²) in [6.45, 7) is 1.55. The molecule has 35 heavy (non-hydrogen) atoms. The number of fused-ring (bicyclic) bond motifs is 2. The van der Waals surface area contributed by atoms with Crippen molar-refractivity contribution in [3.05, 3.63) is 101 Å². The van der Waals surface area contributed by atoms with E-state index in [1.165, 1.54) is 12.1 Å². The number of amides is 1. The van der Waals surface area contributed by atoms with Crippen LogP contribution in [0, 0.1) is 0 Å². The maximum Gasteiger partial charge on any atom is 0.449 e. The first-order chi connectivity index (χ1) is 16.6. The largest absolute Gasteiger partial charge is 0.449 e. The first-order valence-corrected chi connectivity index (χ1v) is 10.9. The van der Waals surface area contributed by atoms with Crippen molar-refractivity contribution < 1.29 is 27.5 Å². The molecule has 0 bridgehead atoms. The van der Waals surface area contributed by atoms with Gasteiger partial charge in [-0.25, -0.2) is 9.78 Å². The van der Waals surface area contributed by atoms with Crippen LogP contribution in [0.1, 0.15) is 45.8 Å². The van der Waals surface area contributed by atoms with Crippen LogP contribution in [0.25, 0.3) is 11.0 Å². The predicted molar refractivity (Wildman–Crippen MR) is 121 cm³/mol. The van der Waals surface area contributed by atoms with Crippen molar-refractivity contribution >= 4 is 22.9 Å². The number of cyclic esters (lactones) is 1. The molecular formula is C26H20F3N3O3. The molecule has 2 heterocycles. The number of nitrogens with zero attached hydrogens (tertiary/aromatic N) is 1. The highest BCUT2D eigenvalue weighted by molar-refractivity contribution is 5.97. The Morgan fingerprint density at radius 3 is 2.51 bits per heavy atom. The predicted octanol–water partition coefficient (Wildman–Crippen LogP) is 4.96. The lowest BCUT2D eigenvalue weighted by Gasteiger charge is -2.34. The van der Waals surface area contributed by atoms with E-state index >= 15 is 0 Å². The number of hydrogen-bond donors (Lipinski definition) is 2. The Bertz CT molecular complexity index is 1430. The molecule has 6 nitrogen and oxygen atoms in total. The number of halogens is 3. The van der Waals surface area contributed by atoms with Crippen LogP contribution in [0.4, 0.5) is 13.2 Å². The summed E-state index contributed by atoms with van der Waals surface area (Å²) in [6, 6.07) is 19.9. The molecule has 0 aliphatic carbocycles. The molecule has 4 aromatic rings. The summed E-state index contributed by atoms with van der Waals surface area (Å²) in [6.07, 6.45) is -4.42. The van der Waals surface area contributed by atoms with Crippen LogP contribution in [-0.4, -0.2) is 27.4 Å². The number of hydrogen-bond acceptors (Lipinski definition) is 4. The van der Waals surface area contributed by atoms with Crippen molar-refractivity contribution in [1.82, 2.24) is 15.3 Å². The van der Waals surface area contributed by atoms with Gasteiger partial charge in [0.2, 0.25) is 5.82 Å². The van der Waals surface area contributed by atoms with Crippen molar-refractivity contribution in [1.29, 1.82) is 0 Å². The fraction of sp³-hybridized carbons (Fsp3) is 0.192. The molecule has 2 unspecified atom stereocenters. The number of H-pyrrole nitrogens is 1. The highest BCUT2D eigenvalue weighted by Gasteiger charge is 2.43. The molecule has 178 valence electrons. The van der Waals surface area contributed by atoms with Gasteiger partial charge in [-0.05, 0) is 41.8 Å². The molecule has 1 aromatic heterocycles. The fourth-order valence-electron chi connectivity index (χ4n) is 4.29. The fourth-order valence-corrected chi connectivity index (χ4v) is 4.29. The number of imidazole rings is 1. The second-order valence-corrected chi connectivity index (χ2v) is 8.63. The number of rotatable bonds is 4. The zero-order valence-electron chi connectivity index (χ0n) is 18.5. The number of aromatic amines is 1. The van der Waals surface area contributed by atoms with Gasteiger partial charge in [-0.2, -0.15) is 13.2 Å². The molecule has 0 radical (unpaired) electrons. The molecule has 0 saturated heterocycles. The summed E-state index contributed by atoms with van der Waals surface area (Å²) in [4.78, 5) is 31.9. The van der Waals surface area contributed by atoms with Crippen LogP contribution < -0.4 is 5.32 Å². The number of carbonyl (C=O) groups is 2. The average molecular weight is 479 g/mol. The van der Waals surface area contributed by atoms with Crippen LogP contribution in [0.15, 0.2) is 72.8 Å². The Labute approximate surface area is 198 Å². The molecule has 2 N–H and O–H groups in total. The number of benzene rings is 3. The lowest BCUT2D eigenvalue weighted by Crippen LogP contribution is -2.52. The Morgan fingerprint density at radius 2 is 1.77 bits per heavy atom. The monoisotopic (exact) mass is 479 g/mol. The van der Waals surface area contributed by atoms with Crippen molar-refractivity contribution in [2.75, 3.05) is 0 Å². The third-order valence-electron chi connectivity index (χ3n) is 6.08. The summed E-state index contributed by atoms with van der Waals surface area (Å²) in [5, 5.41) is 2.94. The number of ether oxygens (including phenoxy) is 1. The molecule has 9 heteroatoms. The topological polar surface area (TPSA) is 84.1 Å². The Balaban J connectivity index is 1.50. The molecule has 1 aliphatic heterocycles. The van der Waals surface area contributed by atoms with E-state index in [0.29, 0.717) is 22.3 Å². The van der Waals surface area contributed by atoms with E-state index in [4.69, 9.17) is 4.74 Å². The Kier molecular flexibility index (Phi) is 5.35. The molecule has 2 atom stereocenters. The number of alkyl halides is 3. The molecular weight excluding hydrogens is 459 g/mol. The zero-order chi connectivity index (χ0) is 24.8. The maximum absolute atomic E-state index is 13.5.